The highest BCUT2D eigenvalue weighted by molar-refractivity contribution is 5.79. The summed E-state index contributed by atoms with van der Waals surface area (Å²) < 4.78 is 13.1. The zero-order chi connectivity index (χ0) is 21.1. The lowest BCUT2D eigenvalue weighted by atomic mass is 10.1. The van der Waals surface area contributed by atoms with Crippen LogP contribution in [0.2, 0.25) is 0 Å². The highest BCUT2D eigenvalue weighted by Gasteiger charge is 2.24. The third-order valence-electron chi connectivity index (χ3n) is 5.46. The van der Waals surface area contributed by atoms with Gasteiger partial charge in [0.15, 0.2) is 5.82 Å². The van der Waals surface area contributed by atoms with Gasteiger partial charge in [0.05, 0.1) is 6.42 Å². The van der Waals surface area contributed by atoms with Crippen molar-refractivity contribution in [1.82, 2.24) is 19.9 Å². The molecule has 3 heterocycles. The number of anilines is 1. The van der Waals surface area contributed by atoms with Gasteiger partial charge in [-0.25, -0.2) is 14.4 Å². The first-order valence-electron chi connectivity index (χ1n) is 10.0. The molecule has 4 rings (SSSR count). The van der Waals surface area contributed by atoms with Crippen molar-refractivity contribution in [3.8, 4) is 11.5 Å². The molecule has 0 saturated carbocycles. The zero-order valence-corrected chi connectivity index (χ0v) is 17.2. The molecule has 1 saturated heterocycles. The Morgan fingerprint density at radius 1 is 1.00 bits per heavy atom. The summed E-state index contributed by atoms with van der Waals surface area (Å²) in [5.74, 6) is 1.28. The summed E-state index contributed by atoms with van der Waals surface area (Å²) in [4.78, 5) is 30.5. The largest absolute Gasteiger partial charge is 0.353 e. The van der Waals surface area contributed by atoms with Crippen LogP contribution >= 0.6 is 0 Å². The number of nitrogens with zero attached hydrogens (tertiary/aromatic N) is 5. The van der Waals surface area contributed by atoms with Gasteiger partial charge in [0.2, 0.25) is 5.91 Å². The Hall–Kier alpha value is -3.35. The topological polar surface area (TPSA) is 62.2 Å². The van der Waals surface area contributed by atoms with E-state index in [1.54, 1.807) is 18.3 Å². The van der Waals surface area contributed by atoms with E-state index in [4.69, 9.17) is 4.98 Å². The molecule has 0 radical (unpaired) electrons. The lowest BCUT2D eigenvalue weighted by Crippen LogP contribution is -2.49. The number of pyridine rings is 1. The second kappa shape index (κ2) is 8.57. The van der Waals surface area contributed by atoms with Gasteiger partial charge in [-0.1, -0.05) is 18.2 Å². The van der Waals surface area contributed by atoms with E-state index >= 15 is 0 Å². The van der Waals surface area contributed by atoms with E-state index in [0.717, 1.165) is 28.3 Å². The van der Waals surface area contributed by atoms with Gasteiger partial charge in [0, 0.05) is 43.6 Å². The molecule has 3 aromatic rings. The molecule has 1 aliphatic rings. The van der Waals surface area contributed by atoms with Crippen LogP contribution in [0.1, 0.15) is 16.8 Å². The summed E-state index contributed by atoms with van der Waals surface area (Å²) in [6, 6.07) is 11.8. The van der Waals surface area contributed by atoms with Gasteiger partial charge in [-0.05, 0) is 43.7 Å². The molecule has 154 valence electrons. The summed E-state index contributed by atoms with van der Waals surface area (Å²) in [7, 11) is 0. The first kappa shape index (κ1) is 19.9. The lowest BCUT2D eigenvalue weighted by molar-refractivity contribution is -0.130. The summed E-state index contributed by atoms with van der Waals surface area (Å²) >= 11 is 0. The minimum Gasteiger partial charge on any atom is -0.353 e. The molecule has 7 heteroatoms. The quantitative estimate of drug-likeness (QED) is 0.667. The van der Waals surface area contributed by atoms with Crippen LogP contribution in [0, 0.1) is 19.7 Å². The Morgan fingerprint density at radius 3 is 2.40 bits per heavy atom. The van der Waals surface area contributed by atoms with Crippen molar-refractivity contribution in [2.24, 2.45) is 0 Å². The molecular weight excluding hydrogens is 381 g/mol. The van der Waals surface area contributed by atoms with Crippen molar-refractivity contribution >= 4 is 11.7 Å². The Morgan fingerprint density at radius 2 is 1.73 bits per heavy atom. The first-order chi connectivity index (χ1) is 14.5. The van der Waals surface area contributed by atoms with E-state index in [0.29, 0.717) is 32.0 Å². The standard InChI is InChI=1S/C23H24FN5O/c1-16-17(2)26-22(20-5-3-4-10-25-20)27-23(16)29-13-11-28(12-14-29)21(30)15-18-6-8-19(24)9-7-18/h3-10H,11-15H2,1-2H3. The number of aromatic nitrogens is 3. The van der Waals surface area contributed by atoms with Gasteiger partial charge in [0.25, 0.3) is 0 Å². The van der Waals surface area contributed by atoms with E-state index in [-0.39, 0.29) is 18.1 Å². The summed E-state index contributed by atoms with van der Waals surface area (Å²) in [6.07, 6.45) is 2.02. The van der Waals surface area contributed by atoms with Crippen molar-refractivity contribution in [2.75, 3.05) is 31.1 Å². The number of halogens is 1. The van der Waals surface area contributed by atoms with Gasteiger partial charge < -0.3 is 9.80 Å². The van der Waals surface area contributed by atoms with Crippen molar-refractivity contribution in [3.63, 3.8) is 0 Å². The van der Waals surface area contributed by atoms with Crippen LogP contribution in [0.4, 0.5) is 10.2 Å². The molecule has 0 N–H and O–H groups in total. The smallest absolute Gasteiger partial charge is 0.227 e. The Balaban J connectivity index is 1.45. The predicted octanol–water partition coefficient (Wildman–Crippen LogP) is 3.19. The monoisotopic (exact) mass is 405 g/mol. The number of piperazine rings is 1. The number of hydrogen-bond donors (Lipinski definition) is 0. The molecule has 6 nitrogen and oxygen atoms in total. The maximum absolute atomic E-state index is 13.1. The van der Waals surface area contributed by atoms with Crippen LogP contribution in [-0.4, -0.2) is 51.9 Å². The molecule has 0 spiro atoms. The average Bonchev–Trinajstić information content (AvgIpc) is 2.78. The van der Waals surface area contributed by atoms with Gasteiger partial charge in [-0.2, -0.15) is 0 Å². The minimum absolute atomic E-state index is 0.0611. The highest BCUT2D eigenvalue weighted by atomic mass is 19.1. The number of amides is 1. The molecule has 30 heavy (non-hydrogen) atoms. The molecule has 1 fully saturated rings. The Kier molecular flexibility index (Phi) is 5.70. The third kappa shape index (κ3) is 4.30. The fourth-order valence-corrected chi connectivity index (χ4v) is 3.59. The van der Waals surface area contributed by atoms with E-state index in [9.17, 15) is 9.18 Å². The van der Waals surface area contributed by atoms with Crippen molar-refractivity contribution < 1.29 is 9.18 Å². The number of aryl methyl sites for hydroxylation is 1. The first-order valence-corrected chi connectivity index (χ1v) is 10.0. The third-order valence-corrected chi connectivity index (χ3v) is 5.46. The second-order valence-corrected chi connectivity index (χ2v) is 7.47. The molecule has 1 amide bonds. The molecule has 0 atom stereocenters. The zero-order valence-electron chi connectivity index (χ0n) is 17.2. The normalized spacial score (nSPS) is 14.1. The lowest BCUT2D eigenvalue weighted by Gasteiger charge is -2.36. The second-order valence-electron chi connectivity index (χ2n) is 7.47. The molecule has 0 aliphatic carbocycles. The van der Waals surface area contributed by atoms with Crippen molar-refractivity contribution in [2.45, 2.75) is 20.3 Å². The maximum atomic E-state index is 13.1. The van der Waals surface area contributed by atoms with Crippen molar-refractivity contribution in [1.29, 1.82) is 0 Å². The van der Waals surface area contributed by atoms with Gasteiger partial charge in [-0.15, -0.1) is 0 Å². The Bertz CT molecular complexity index is 1030. The molecular formula is C23H24FN5O. The maximum Gasteiger partial charge on any atom is 0.227 e. The van der Waals surface area contributed by atoms with Gasteiger partial charge in [-0.3, -0.25) is 9.78 Å². The minimum atomic E-state index is -0.291. The van der Waals surface area contributed by atoms with Crippen LogP contribution < -0.4 is 4.90 Å². The average molecular weight is 405 g/mol. The predicted molar refractivity (Wildman–Crippen MR) is 114 cm³/mol. The highest BCUT2D eigenvalue weighted by Crippen LogP contribution is 2.24. The van der Waals surface area contributed by atoms with Crippen LogP contribution in [0.3, 0.4) is 0 Å². The fraction of sp³-hybridized carbons (Fsp3) is 0.304. The van der Waals surface area contributed by atoms with Gasteiger partial charge >= 0.3 is 0 Å². The molecule has 0 unspecified atom stereocenters. The molecule has 1 aliphatic heterocycles. The van der Waals surface area contributed by atoms with Gasteiger partial charge in [0.1, 0.15) is 17.3 Å². The van der Waals surface area contributed by atoms with E-state index in [1.807, 2.05) is 36.9 Å². The van der Waals surface area contributed by atoms with Crippen molar-refractivity contribution in [3.05, 3.63) is 71.3 Å². The van der Waals surface area contributed by atoms with Crippen LogP contribution in [0.5, 0.6) is 0 Å². The number of hydrogen-bond acceptors (Lipinski definition) is 5. The van der Waals surface area contributed by atoms with Crippen LogP contribution in [0.15, 0.2) is 48.7 Å². The number of benzene rings is 1. The number of carbonyl (C=O) groups excluding carboxylic acids is 1. The van der Waals surface area contributed by atoms with Crippen LogP contribution in [0.25, 0.3) is 11.5 Å². The van der Waals surface area contributed by atoms with E-state index in [1.165, 1.54) is 12.1 Å². The van der Waals surface area contributed by atoms with E-state index in [2.05, 4.69) is 14.9 Å². The van der Waals surface area contributed by atoms with E-state index < -0.39 is 0 Å². The SMILES string of the molecule is Cc1nc(-c2ccccn2)nc(N2CCN(C(=O)Cc3ccc(F)cc3)CC2)c1C. The fourth-order valence-electron chi connectivity index (χ4n) is 3.59. The Labute approximate surface area is 175 Å². The molecule has 0 bridgehead atoms. The number of rotatable bonds is 4. The summed E-state index contributed by atoms with van der Waals surface area (Å²) in [5.41, 5.74) is 3.54. The number of carbonyl (C=O) groups is 1. The van der Waals surface area contributed by atoms with Crippen LogP contribution in [-0.2, 0) is 11.2 Å². The molecule has 2 aromatic heterocycles. The summed E-state index contributed by atoms with van der Waals surface area (Å²) in [5, 5.41) is 0. The summed E-state index contributed by atoms with van der Waals surface area (Å²) in [6.45, 7) is 6.67. The molecule has 1 aromatic carbocycles.